The Morgan fingerprint density at radius 1 is 0.889 bits per heavy atom. The number of carbonyl (C=O) groups is 1. The van der Waals surface area contributed by atoms with Crippen molar-refractivity contribution in [1.29, 1.82) is 0 Å². The van der Waals surface area contributed by atoms with Gasteiger partial charge in [0.25, 0.3) is 0 Å². The lowest BCUT2D eigenvalue weighted by atomic mass is 9.98. The summed E-state index contributed by atoms with van der Waals surface area (Å²) in [7, 11) is -4.20. The summed E-state index contributed by atoms with van der Waals surface area (Å²) < 4.78 is 35.3. The van der Waals surface area contributed by atoms with Crippen molar-refractivity contribution >= 4 is 26.7 Å². The van der Waals surface area contributed by atoms with Gasteiger partial charge in [0.1, 0.15) is 4.90 Å². The van der Waals surface area contributed by atoms with Gasteiger partial charge in [-0.05, 0) is 22.9 Å². The molecule has 6 nitrogen and oxygen atoms in total. The summed E-state index contributed by atoms with van der Waals surface area (Å²) in [4.78, 5) is 12.7. The molecule has 1 heterocycles. The lowest BCUT2D eigenvalue weighted by molar-refractivity contribution is -0.123. The molecule has 0 bridgehead atoms. The zero-order valence-electron chi connectivity index (χ0n) is 14.0. The minimum absolute atomic E-state index is 0.0771. The van der Waals surface area contributed by atoms with Gasteiger partial charge in [-0.1, -0.05) is 60.7 Å². The summed E-state index contributed by atoms with van der Waals surface area (Å²) >= 11 is 0. The molecule has 0 fully saturated rings. The SMILES string of the molecule is NC1=C(OS(=O)(=O)c2ccccc2)C(=O)C(c2cccc3ccccc23)O1. The maximum absolute atomic E-state index is 12.8. The highest BCUT2D eigenvalue weighted by Crippen LogP contribution is 2.36. The maximum atomic E-state index is 12.8. The number of Topliss-reactive ketones (excluding diaryl/α,β-unsaturated/α-hetero) is 1. The Morgan fingerprint density at radius 2 is 1.56 bits per heavy atom. The molecule has 1 aliphatic rings. The number of nitrogens with two attached hydrogens (primary N) is 1. The van der Waals surface area contributed by atoms with Crippen LogP contribution in [-0.2, 0) is 23.8 Å². The Balaban J connectivity index is 1.68. The zero-order chi connectivity index (χ0) is 19.0. The molecule has 7 heteroatoms. The minimum Gasteiger partial charge on any atom is -0.460 e. The van der Waals surface area contributed by atoms with Crippen molar-refractivity contribution in [3.05, 3.63) is 90.0 Å². The van der Waals surface area contributed by atoms with Gasteiger partial charge in [-0.15, -0.1) is 0 Å². The number of ketones is 1. The lowest BCUT2D eigenvalue weighted by Gasteiger charge is -2.13. The molecular weight excluding hydrogens is 366 g/mol. The molecule has 27 heavy (non-hydrogen) atoms. The first kappa shape index (κ1) is 17.1. The monoisotopic (exact) mass is 381 g/mol. The third-order valence-electron chi connectivity index (χ3n) is 4.26. The van der Waals surface area contributed by atoms with Crippen LogP contribution in [0.4, 0.5) is 0 Å². The first-order valence-corrected chi connectivity index (χ1v) is 9.56. The standard InChI is InChI=1S/C20H15NO5S/c21-20-19(26-27(23,24)14-9-2-1-3-10-14)17(22)18(25-20)16-12-6-8-13-7-4-5-11-15(13)16/h1-12,18H,21H2. The van der Waals surface area contributed by atoms with Crippen LogP contribution in [0, 0.1) is 0 Å². The molecular formula is C20H15NO5S. The summed E-state index contributed by atoms with van der Waals surface area (Å²) in [6.07, 6.45) is -1.06. The molecule has 0 radical (unpaired) electrons. The Labute approximate surface area is 155 Å². The van der Waals surface area contributed by atoms with Crippen LogP contribution in [0.15, 0.2) is 89.3 Å². The van der Waals surface area contributed by atoms with Gasteiger partial charge in [-0.3, -0.25) is 4.79 Å². The van der Waals surface area contributed by atoms with Crippen molar-refractivity contribution in [1.82, 2.24) is 0 Å². The van der Waals surface area contributed by atoms with Gasteiger partial charge in [-0.2, -0.15) is 8.42 Å². The molecule has 4 rings (SSSR count). The normalized spacial score (nSPS) is 17.2. The van der Waals surface area contributed by atoms with Gasteiger partial charge in [0, 0.05) is 5.56 Å². The predicted octanol–water partition coefficient (Wildman–Crippen LogP) is 3.01. The predicted molar refractivity (Wildman–Crippen MR) is 98.7 cm³/mol. The highest BCUT2D eigenvalue weighted by Gasteiger charge is 2.40. The van der Waals surface area contributed by atoms with Crippen molar-refractivity contribution in [2.45, 2.75) is 11.0 Å². The zero-order valence-corrected chi connectivity index (χ0v) is 14.8. The Hall–Kier alpha value is -3.32. The van der Waals surface area contributed by atoms with Gasteiger partial charge < -0.3 is 14.7 Å². The van der Waals surface area contributed by atoms with E-state index in [-0.39, 0.29) is 10.8 Å². The molecule has 2 N–H and O–H groups in total. The molecule has 1 unspecified atom stereocenters. The molecule has 1 atom stereocenters. The van der Waals surface area contributed by atoms with Crippen LogP contribution in [0.25, 0.3) is 10.8 Å². The quantitative estimate of drug-likeness (QED) is 0.698. The summed E-state index contributed by atoms with van der Waals surface area (Å²) in [5.41, 5.74) is 6.37. The van der Waals surface area contributed by atoms with Gasteiger partial charge in [0.05, 0.1) is 0 Å². The van der Waals surface area contributed by atoms with E-state index in [9.17, 15) is 13.2 Å². The first-order valence-electron chi connectivity index (χ1n) is 8.15. The second-order valence-electron chi connectivity index (χ2n) is 5.97. The van der Waals surface area contributed by atoms with E-state index >= 15 is 0 Å². The average molecular weight is 381 g/mol. The van der Waals surface area contributed by atoms with E-state index in [1.807, 2.05) is 30.3 Å². The third-order valence-corrected chi connectivity index (χ3v) is 5.50. The number of benzene rings is 3. The second kappa shape index (κ2) is 6.44. The molecule has 0 aliphatic carbocycles. The molecule has 0 saturated heterocycles. The topological polar surface area (TPSA) is 95.7 Å². The highest BCUT2D eigenvalue weighted by molar-refractivity contribution is 7.86. The van der Waals surface area contributed by atoms with Gasteiger partial charge >= 0.3 is 10.1 Å². The number of hydrogen-bond donors (Lipinski definition) is 1. The molecule has 0 amide bonds. The van der Waals surface area contributed by atoms with Crippen LogP contribution in [0.1, 0.15) is 11.7 Å². The van der Waals surface area contributed by atoms with Crippen molar-refractivity contribution in [2.24, 2.45) is 5.73 Å². The van der Waals surface area contributed by atoms with Crippen molar-refractivity contribution in [3.63, 3.8) is 0 Å². The van der Waals surface area contributed by atoms with Gasteiger partial charge in [0.2, 0.25) is 17.4 Å². The highest BCUT2D eigenvalue weighted by atomic mass is 32.2. The average Bonchev–Trinajstić information content (AvgIpc) is 2.96. The summed E-state index contributed by atoms with van der Waals surface area (Å²) in [6, 6.07) is 20.5. The lowest BCUT2D eigenvalue weighted by Crippen LogP contribution is -2.15. The summed E-state index contributed by atoms with van der Waals surface area (Å²) in [5, 5.41) is 1.74. The van der Waals surface area contributed by atoms with E-state index in [0.29, 0.717) is 5.56 Å². The van der Waals surface area contributed by atoms with Crippen molar-refractivity contribution in [3.8, 4) is 0 Å². The molecule has 0 aromatic heterocycles. The minimum atomic E-state index is -4.20. The second-order valence-corrected chi connectivity index (χ2v) is 7.52. The van der Waals surface area contributed by atoms with Crippen LogP contribution < -0.4 is 5.73 Å². The number of fused-ring (bicyclic) bond motifs is 1. The van der Waals surface area contributed by atoms with E-state index in [1.165, 1.54) is 12.1 Å². The van der Waals surface area contributed by atoms with E-state index in [2.05, 4.69) is 0 Å². The molecule has 0 saturated carbocycles. The molecule has 136 valence electrons. The van der Waals surface area contributed by atoms with Gasteiger partial charge in [0.15, 0.2) is 6.10 Å². The molecule has 1 aliphatic heterocycles. The molecule has 0 spiro atoms. The number of ether oxygens (including phenoxy) is 1. The third kappa shape index (κ3) is 3.02. The smallest absolute Gasteiger partial charge is 0.339 e. The fourth-order valence-electron chi connectivity index (χ4n) is 2.99. The Kier molecular flexibility index (Phi) is 4.08. The van der Waals surface area contributed by atoms with Crippen LogP contribution in [0.3, 0.4) is 0 Å². The molecule has 3 aromatic rings. The summed E-state index contributed by atoms with van der Waals surface area (Å²) in [5.74, 6) is -1.49. The van der Waals surface area contributed by atoms with Gasteiger partial charge in [-0.25, -0.2) is 0 Å². The number of hydrogen-bond acceptors (Lipinski definition) is 6. The fourth-order valence-corrected chi connectivity index (χ4v) is 3.96. The maximum Gasteiger partial charge on any atom is 0.339 e. The fraction of sp³-hybridized carbons (Fsp3) is 0.0500. The molecule has 3 aromatic carbocycles. The number of rotatable bonds is 4. The van der Waals surface area contributed by atoms with E-state index in [0.717, 1.165) is 10.8 Å². The Morgan fingerprint density at radius 3 is 2.33 bits per heavy atom. The van der Waals surface area contributed by atoms with Crippen LogP contribution in [-0.4, -0.2) is 14.2 Å². The Bertz CT molecular complexity index is 1160. The first-order chi connectivity index (χ1) is 13.0. The van der Waals surface area contributed by atoms with Crippen molar-refractivity contribution in [2.75, 3.05) is 0 Å². The van der Waals surface area contributed by atoms with Crippen LogP contribution in [0.5, 0.6) is 0 Å². The van der Waals surface area contributed by atoms with E-state index < -0.39 is 27.8 Å². The van der Waals surface area contributed by atoms with Crippen LogP contribution in [0.2, 0.25) is 0 Å². The number of carbonyl (C=O) groups excluding carboxylic acids is 1. The van der Waals surface area contributed by atoms with Crippen LogP contribution >= 0.6 is 0 Å². The van der Waals surface area contributed by atoms with E-state index in [4.69, 9.17) is 14.7 Å². The summed E-state index contributed by atoms with van der Waals surface area (Å²) in [6.45, 7) is 0. The van der Waals surface area contributed by atoms with Crippen molar-refractivity contribution < 1.29 is 22.1 Å². The van der Waals surface area contributed by atoms with E-state index in [1.54, 1.807) is 30.3 Å². The largest absolute Gasteiger partial charge is 0.460 e.